The van der Waals surface area contributed by atoms with E-state index in [2.05, 4.69) is 51.3 Å². The molecular formula is C24H27N5O5. The molecule has 0 saturated heterocycles. The molecule has 0 atom stereocenters. The van der Waals surface area contributed by atoms with E-state index in [9.17, 15) is 4.79 Å². The number of carboxylic acid groups (broad SMARTS) is 2. The molecule has 10 heteroatoms. The number of carbonyl (C=O) groups excluding carboxylic acids is 1. The molecule has 0 aliphatic carbocycles. The van der Waals surface area contributed by atoms with Crippen LogP contribution in [-0.2, 0) is 9.59 Å². The van der Waals surface area contributed by atoms with Crippen molar-refractivity contribution < 1.29 is 24.6 Å². The highest BCUT2D eigenvalue weighted by Gasteiger charge is 2.17. The lowest BCUT2D eigenvalue weighted by Gasteiger charge is -2.26. The minimum absolute atomic E-state index is 0.182. The number of anilines is 3. The molecule has 0 bridgehead atoms. The summed E-state index contributed by atoms with van der Waals surface area (Å²) < 4.78 is 0. The molecule has 3 rings (SSSR count). The fraction of sp³-hybridized carbons (Fsp3) is 0.208. The van der Waals surface area contributed by atoms with Gasteiger partial charge in [0.15, 0.2) is 5.82 Å². The van der Waals surface area contributed by atoms with E-state index in [0.29, 0.717) is 11.3 Å². The van der Waals surface area contributed by atoms with Crippen molar-refractivity contribution in [1.82, 2.24) is 14.9 Å². The number of hydrogen-bond donors (Lipinski definition) is 3. The van der Waals surface area contributed by atoms with E-state index in [0.717, 1.165) is 31.0 Å². The molecule has 0 aliphatic rings. The average Bonchev–Trinajstić information content (AvgIpc) is 2.84. The zero-order chi connectivity index (χ0) is 24.9. The predicted octanol–water partition coefficient (Wildman–Crippen LogP) is 2.97. The summed E-state index contributed by atoms with van der Waals surface area (Å²) in [7, 11) is 4.13. The molecule has 0 aliphatic heterocycles. The number of aliphatic carboxylic acids is 2. The second-order valence-electron chi connectivity index (χ2n) is 7.32. The van der Waals surface area contributed by atoms with Gasteiger partial charge in [-0.25, -0.2) is 14.6 Å². The first kappa shape index (κ1) is 25.9. The fourth-order valence-corrected chi connectivity index (χ4v) is 2.92. The fourth-order valence-electron chi connectivity index (χ4n) is 2.92. The zero-order valence-electron chi connectivity index (χ0n) is 19.0. The number of nitrogens with zero attached hydrogens (tertiary/aromatic N) is 4. The Bertz CT molecular complexity index is 1070. The number of nitrogens with one attached hydrogen (secondary N) is 1. The van der Waals surface area contributed by atoms with E-state index in [-0.39, 0.29) is 5.91 Å². The first-order valence-electron chi connectivity index (χ1n) is 10.4. The standard InChI is InChI=1S/C22H25N5O.C2H2O4/c1-26(2)16-7-17-27(19-8-4-3-5-9-19)21-20(10-6-13-24-21)25-22(28)18-11-14-23-15-12-18;3-1(4)2(5)6/h3-6,8-15H,7,16-17H2,1-2H3,(H,25,28);(H,3,4)(H,5,6). The quantitative estimate of drug-likeness (QED) is 0.429. The third-order valence-electron chi connectivity index (χ3n) is 4.47. The van der Waals surface area contributed by atoms with Gasteiger partial charge >= 0.3 is 11.9 Å². The first-order valence-corrected chi connectivity index (χ1v) is 10.4. The summed E-state index contributed by atoms with van der Waals surface area (Å²) in [5, 5.41) is 17.8. The molecule has 0 unspecified atom stereocenters. The summed E-state index contributed by atoms with van der Waals surface area (Å²) in [4.78, 5) is 43.7. The molecule has 34 heavy (non-hydrogen) atoms. The lowest BCUT2D eigenvalue weighted by Crippen LogP contribution is -2.25. The van der Waals surface area contributed by atoms with Gasteiger partial charge in [-0.05, 0) is 63.5 Å². The molecule has 2 heterocycles. The smallest absolute Gasteiger partial charge is 0.414 e. The molecule has 1 aromatic carbocycles. The number of benzene rings is 1. The minimum atomic E-state index is -1.82. The largest absolute Gasteiger partial charge is 0.473 e. The molecule has 3 N–H and O–H groups in total. The maximum Gasteiger partial charge on any atom is 0.414 e. The van der Waals surface area contributed by atoms with Crippen molar-refractivity contribution in [2.45, 2.75) is 6.42 Å². The van der Waals surface area contributed by atoms with Gasteiger partial charge in [0.05, 0.1) is 5.69 Å². The van der Waals surface area contributed by atoms with Crippen LogP contribution in [0, 0.1) is 0 Å². The van der Waals surface area contributed by atoms with E-state index in [1.807, 2.05) is 30.3 Å². The van der Waals surface area contributed by atoms with Crippen molar-refractivity contribution in [2.75, 3.05) is 37.4 Å². The number of pyridine rings is 2. The maximum atomic E-state index is 12.6. The second-order valence-corrected chi connectivity index (χ2v) is 7.32. The third kappa shape index (κ3) is 8.32. The Labute approximate surface area is 197 Å². The molecule has 0 spiro atoms. The SMILES string of the molecule is CN(C)CCCN(c1ccccc1)c1ncccc1NC(=O)c1ccncc1.O=C(O)C(=O)O. The topological polar surface area (TPSA) is 136 Å². The number of amides is 1. The van der Waals surface area contributed by atoms with Crippen LogP contribution in [0.15, 0.2) is 73.2 Å². The molecule has 2 aromatic heterocycles. The molecule has 0 fully saturated rings. The number of hydrogen-bond acceptors (Lipinski definition) is 7. The van der Waals surface area contributed by atoms with Crippen molar-refractivity contribution in [2.24, 2.45) is 0 Å². The molecule has 3 aromatic rings. The average molecular weight is 466 g/mol. The van der Waals surface area contributed by atoms with Crippen LogP contribution in [0.3, 0.4) is 0 Å². The summed E-state index contributed by atoms with van der Waals surface area (Å²) in [6, 6.07) is 17.2. The number of aromatic nitrogens is 2. The maximum absolute atomic E-state index is 12.6. The van der Waals surface area contributed by atoms with Crippen molar-refractivity contribution in [3.63, 3.8) is 0 Å². The van der Waals surface area contributed by atoms with Crippen LogP contribution in [0.4, 0.5) is 17.2 Å². The third-order valence-corrected chi connectivity index (χ3v) is 4.47. The van der Waals surface area contributed by atoms with Gasteiger partial charge in [0, 0.05) is 36.4 Å². The summed E-state index contributed by atoms with van der Waals surface area (Å²) in [6.07, 6.45) is 5.93. The Hall–Kier alpha value is -4.31. The van der Waals surface area contributed by atoms with Crippen LogP contribution in [0.5, 0.6) is 0 Å². The Morgan fingerprint density at radius 2 is 1.50 bits per heavy atom. The summed E-state index contributed by atoms with van der Waals surface area (Å²) in [5.41, 5.74) is 2.28. The normalized spacial score (nSPS) is 10.1. The van der Waals surface area contributed by atoms with Gasteiger partial charge in [0.1, 0.15) is 0 Å². The Kier molecular flexibility index (Phi) is 10.1. The molecular weight excluding hydrogens is 438 g/mol. The summed E-state index contributed by atoms with van der Waals surface area (Å²) in [6.45, 7) is 1.76. The van der Waals surface area contributed by atoms with Crippen LogP contribution in [-0.4, -0.2) is 70.1 Å². The second kappa shape index (κ2) is 13.3. The van der Waals surface area contributed by atoms with Gasteiger partial charge in [0.25, 0.3) is 5.91 Å². The highest BCUT2D eigenvalue weighted by molar-refractivity contribution is 6.27. The Balaban J connectivity index is 0.000000604. The summed E-state index contributed by atoms with van der Waals surface area (Å²) >= 11 is 0. The number of rotatable bonds is 8. The monoisotopic (exact) mass is 465 g/mol. The summed E-state index contributed by atoms with van der Waals surface area (Å²) in [5.74, 6) is -3.10. The molecule has 0 radical (unpaired) electrons. The number of carboxylic acids is 2. The van der Waals surface area contributed by atoms with Crippen molar-refractivity contribution >= 4 is 35.0 Å². The first-order chi connectivity index (χ1) is 16.3. The number of para-hydroxylation sites is 1. The highest BCUT2D eigenvalue weighted by atomic mass is 16.4. The van der Waals surface area contributed by atoms with Crippen LogP contribution in [0.1, 0.15) is 16.8 Å². The molecule has 10 nitrogen and oxygen atoms in total. The van der Waals surface area contributed by atoms with Crippen LogP contribution in [0.2, 0.25) is 0 Å². The Morgan fingerprint density at radius 1 is 0.853 bits per heavy atom. The highest BCUT2D eigenvalue weighted by Crippen LogP contribution is 2.30. The van der Waals surface area contributed by atoms with Gasteiger partial charge in [0.2, 0.25) is 0 Å². The minimum Gasteiger partial charge on any atom is -0.473 e. The van der Waals surface area contributed by atoms with Crippen LogP contribution in [0.25, 0.3) is 0 Å². The predicted molar refractivity (Wildman–Crippen MR) is 128 cm³/mol. The van der Waals surface area contributed by atoms with Crippen molar-refractivity contribution in [3.8, 4) is 0 Å². The van der Waals surface area contributed by atoms with E-state index < -0.39 is 11.9 Å². The van der Waals surface area contributed by atoms with Gasteiger partial charge in [-0.15, -0.1) is 0 Å². The molecule has 0 saturated carbocycles. The Morgan fingerprint density at radius 3 is 2.09 bits per heavy atom. The van der Waals surface area contributed by atoms with Gasteiger partial charge < -0.3 is 25.3 Å². The molecule has 178 valence electrons. The van der Waals surface area contributed by atoms with Gasteiger partial charge in [-0.2, -0.15) is 0 Å². The van der Waals surface area contributed by atoms with E-state index in [1.54, 1.807) is 30.7 Å². The van der Waals surface area contributed by atoms with Crippen molar-refractivity contribution in [3.05, 3.63) is 78.8 Å². The lowest BCUT2D eigenvalue weighted by atomic mass is 10.2. The van der Waals surface area contributed by atoms with Crippen LogP contribution < -0.4 is 10.2 Å². The van der Waals surface area contributed by atoms with Crippen molar-refractivity contribution in [1.29, 1.82) is 0 Å². The van der Waals surface area contributed by atoms with E-state index in [1.165, 1.54) is 0 Å². The number of carbonyl (C=O) groups is 3. The van der Waals surface area contributed by atoms with Crippen LogP contribution >= 0.6 is 0 Å². The van der Waals surface area contributed by atoms with E-state index >= 15 is 0 Å². The lowest BCUT2D eigenvalue weighted by molar-refractivity contribution is -0.159. The van der Waals surface area contributed by atoms with Gasteiger partial charge in [-0.3, -0.25) is 9.78 Å². The van der Waals surface area contributed by atoms with E-state index in [4.69, 9.17) is 19.8 Å². The van der Waals surface area contributed by atoms with Gasteiger partial charge in [-0.1, -0.05) is 18.2 Å². The molecule has 1 amide bonds. The zero-order valence-corrected chi connectivity index (χ0v) is 19.0.